The molecule has 1 amide bonds. The number of hydrogen-bond donors (Lipinski definition) is 1. The molecule has 0 bridgehead atoms. The van der Waals surface area contributed by atoms with Crippen LogP contribution in [0.25, 0.3) is 0 Å². The Morgan fingerprint density at radius 1 is 1.35 bits per heavy atom. The highest BCUT2D eigenvalue weighted by atomic mass is 19.1. The second kappa shape index (κ2) is 5.61. The zero-order valence-electron chi connectivity index (χ0n) is 11.4. The van der Waals surface area contributed by atoms with Crippen molar-refractivity contribution in [2.45, 2.75) is 31.9 Å². The fourth-order valence-corrected chi connectivity index (χ4v) is 2.32. The largest absolute Gasteiger partial charge is 0.479 e. The van der Waals surface area contributed by atoms with Crippen LogP contribution < -0.4 is 0 Å². The summed E-state index contributed by atoms with van der Waals surface area (Å²) in [6, 6.07) is 7.88. The number of benzene rings is 1. The molecule has 1 aromatic carbocycles. The lowest BCUT2D eigenvalue weighted by Gasteiger charge is -2.17. The van der Waals surface area contributed by atoms with Crippen LogP contribution in [0.4, 0.5) is 4.39 Å². The van der Waals surface area contributed by atoms with Gasteiger partial charge in [0.2, 0.25) is 11.6 Å². The van der Waals surface area contributed by atoms with E-state index in [1.165, 1.54) is 4.90 Å². The van der Waals surface area contributed by atoms with E-state index in [-0.39, 0.29) is 31.8 Å². The molecule has 0 spiro atoms. The first-order valence-corrected chi connectivity index (χ1v) is 6.66. The van der Waals surface area contributed by atoms with Gasteiger partial charge in [-0.25, -0.2) is 9.18 Å². The van der Waals surface area contributed by atoms with Crippen LogP contribution in [0.2, 0.25) is 0 Å². The van der Waals surface area contributed by atoms with Crippen molar-refractivity contribution >= 4 is 11.9 Å². The quantitative estimate of drug-likeness (QED) is 0.916. The summed E-state index contributed by atoms with van der Waals surface area (Å²) in [6.45, 7) is 1.83. The van der Waals surface area contributed by atoms with Gasteiger partial charge in [0.25, 0.3) is 0 Å². The fraction of sp³-hybridized carbons (Fsp3) is 0.467. The SMILES string of the molecule is Cc1ccc(CCC(=O)N2CCC(F)(C(=O)O)C2)cc1. The maximum absolute atomic E-state index is 13.9. The third kappa shape index (κ3) is 3.15. The number of carboxylic acids is 1. The van der Waals surface area contributed by atoms with Crippen LogP contribution in [0, 0.1) is 6.92 Å². The number of halogens is 1. The minimum atomic E-state index is -2.28. The van der Waals surface area contributed by atoms with Crippen LogP contribution in [-0.2, 0) is 16.0 Å². The standard InChI is InChI=1S/C15H18FNO3/c1-11-2-4-12(5-3-11)6-7-13(18)17-9-8-15(16,10-17)14(19)20/h2-5H,6-10H2,1H3,(H,19,20). The Bertz CT molecular complexity index is 514. The van der Waals surface area contributed by atoms with Gasteiger partial charge in [-0.05, 0) is 18.9 Å². The molecule has 0 radical (unpaired) electrons. The van der Waals surface area contributed by atoms with E-state index in [1.807, 2.05) is 31.2 Å². The van der Waals surface area contributed by atoms with Crippen molar-refractivity contribution in [3.05, 3.63) is 35.4 Å². The molecule has 1 saturated heterocycles. The summed E-state index contributed by atoms with van der Waals surface area (Å²) in [4.78, 5) is 24.1. The van der Waals surface area contributed by atoms with Crippen molar-refractivity contribution in [2.75, 3.05) is 13.1 Å². The van der Waals surface area contributed by atoms with Gasteiger partial charge in [-0.15, -0.1) is 0 Å². The van der Waals surface area contributed by atoms with Gasteiger partial charge in [-0.3, -0.25) is 4.79 Å². The summed E-state index contributed by atoms with van der Waals surface area (Å²) in [5.74, 6) is -1.67. The van der Waals surface area contributed by atoms with E-state index in [0.717, 1.165) is 11.1 Å². The monoisotopic (exact) mass is 279 g/mol. The summed E-state index contributed by atoms with van der Waals surface area (Å²) in [6.07, 6.45) is 0.735. The molecule has 1 N–H and O–H groups in total. The first-order valence-electron chi connectivity index (χ1n) is 6.66. The third-order valence-corrected chi connectivity index (χ3v) is 3.70. The predicted octanol–water partition coefficient (Wildman–Crippen LogP) is 1.95. The number of likely N-dealkylation sites (tertiary alicyclic amines) is 1. The highest BCUT2D eigenvalue weighted by molar-refractivity contribution is 5.82. The van der Waals surface area contributed by atoms with E-state index in [4.69, 9.17) is 5.11 Å². The number of nitrogens with zero attached hydrogens (tertiary/aromatic N) is 1. The maximum atomic E-state index is 13.9. The van der Waals surface area contributed by atoms with Gasteiger partial charge in [-0.1, -0.05) is 29.8 Å². The van der Waals surface area contributed by atoms with E-state index < -0.39 is 11.6 Å². The molecule has 1 atom stereocenters. The minimum Gasteiger partial charge on any atom is -0.479 e. The van der Waals surface area contributed by atoms with E-state index >= 15 is 0 Å². The van der Waals surface area contributed by atoms with Crippen LogP contribution in [0.15, 0.2) is 24.3 Å². The van der Waals surface area contributed by atoms with E-state index in [1.54, 1.807) is 0 Å². The van der Waals surface area contributed by atoms with Crippen LogP contribution in [0.3, 0.4) is 0 Å². The molecule has 1 unspecified atom stereocenters. The molecular weight excluding hydrogens is 261 g/mol. The molecule has 1 aliphatic heterocycles. The predicted molar refractivity (Wildman–Crippen MR) is 72.2 cm³/mol. The van der Waals surface area contributed by atoms with Crippen molar-refractivity contribution in [2.24, 2.45) is 0 Å². The number of carbonyl (C=O) groups excluding carboxylic acids is 1. The van der Waals surface area contributed by atoms with Crippen molar-refractivity contribution in [1.82, 2.24) is 4.90 Å². The van der Waals surface area contributed by atoms with E-state index in [2.05, 4.69) is 0 Å². The van der Waals surface area contributed by atoms with E-state index in [9.17, 15) is 14.0 Å². The topological polar surface area (TPSA) is 57.6 Å². The zero-order chi connectivity index (χ0) is 14.8. The molecule has 1 aromatic rings. The number of aryl methyl sites for hydroxylation is 2. The van der Waals surface area contributed by atoms with Crippen LogP contribution in [0.5, 0.6) is 0 Å². The number of aliphatic carboxylic acids is 1. The zero-order valence-corrected chi connectivity index (χ0v) is 11.4. The summed E-state index contributed by atoms with van der Waals surface area (Å²) in [5.41, 5.74) is -0.0735. The average Bonchev–Trinajstić information content (AvgIpc) is 2.82. The Hall–Kier alpha value is -1.91. The van der Waals surface area contributed by atoms with Gasteiger partial charge in [0.15, 0.2) is 0 Å². The smallest absolute Gasteiger partial charge is 0.343 e. The Balaban J connectivity index is 1.87. The van der Waals surface area contributed by atoms with Crippen molar-refractivity contribution < 1.29 is 19.1 Å². The number of rotatable bonds is 4. The van der Waals surface area contributed by atoms with E-state index in [0.29, 0.717) is 6.42 Å². The summed E-state index contributed by atoms with van der Waals surface area (Å²) in [7, 11) is 0. The second-order valence-corrected chi connectivity index (χ2v) is 5.32. The Morgan fingerprint density at radius 2 is 2.00 bits per heavy atom. The molecule has 1 aliphatic rings. The molecule has 0 aromatic heterocycles. The summed E-state index contributed by atoms with van der Waals surface area (Å²) < 4.78 is 13.9. The summed E-state index contributed by atoms with van der Waals surface area (Å²) >= 11 is 0. The van der Waals surface area contributed by atoms with Crippen molar-refractivity contribution in [3.63, 3.8) is 0 Å². The second-order valence-electron chi connectivity index (χ2n) is 5.32. The van der Waals surface area contributed by atoms with Crippen molar-refractivity contribution in [3.8, 4) is 0 Å². The molecule has 1 heterocycles. The number of hydrogen-bond acceptors (Lipinski definition) is 2. The van der Waals surface area contributed by atoms with Crippen LogP contribution in [0.1, 0.15) is 24.0 Å². The average molecular weight is 279 g/mol. The Kier molecular flexibility index (Phi) is 4.06. The van der Waals surface area contributed by atoms with Gasteiger partial charge in [0, 0.05) is 19.4 Å². The first-order chi connectivity index (χ1) is 9.40. The van der Waals surface area contributed by atoms with Crippen LogP contribution in [-0.4, -0.2) is 40.6 Å². The molecule has 1 fully saturated rings. The molecule has 108 valence electrons. The molecule has 20 heavy (non-hydrogen) atoms. The van der Waals surface area contributed by atoms with Gasteiger partial charge < -0.3 is 10.0 Å². The van der Waals surface area contributed by atoms with Gasteiger partial charge in [-0.2, -0.15) is 0 Å². The molecule has 2 rings (SSSR count). The van der Waals surface area contributed by atoms with Gasteiger partial charge >= 0.3 is 5.97 Å². The van der Waals surface area contributed by atoms with Crippen LogP contribution >= 0.6 is 0 Å². The summed E-state index contributed by atoms with van der Waals surface area (Å²) in [5, 5.41) is 8.79. The Morgan fingerprint density at radius 3 is 2.55 bits per heavy atom. The fourth-order valence-electron chi connectivity index (χ4n) is 2.32. The Labute approximate surface area is 117 Å². The van der Waals surface area contributed by atoms with Gasteiger partial charge in [0.05, 0.1) is 6.54 Å². The third-order valence-electron chi connectivity index (χ3n) is 3.70. The molecule has 0 saturated carbocycles. The lowest BCUT2D eigenvalue weighted by atomic mass is 10.1. The molecular formula is C15H18FNO3. The maximum Gasteiger partial charge on any atom is 0.343 e. The number of alkyl halides is 1. The number of amides is 1. The normalized spacial score (nSPS) is 22.0. The van der Waals surface area contributed by atoms with Gasteiger partial charge in [0.1, 0.15) is 0 Å². The lowest BCUT2D eigenvalue weighted by Crippen LogP contribution is -2.38. The minimum absolute atomic E-state index is 0.126. The number of carboxylic acid groups (broad SMARTS) is 1. The van der Waals surface area contributed by atoms with Crippen molar-refractivity contribution in [1.29, 1.82) is 0 Å². The molecule has 0 aliphatic carbocycles. The lowest BCUT2D eigenvalue weighted by molar-refractivity contribution is -0.150. The molecule has 5 heteroatoms. The highest BCUT2D eigenvalue weighted by Crippen LogP contribution is 2.26. The number of carbonyl (C=O) groups is 2. The first kappa shape index (κ1) is 14.5. The molecule has 4 nitrogen and oxygen atoms in total. The highest BCUT2D eigenvalue weighted by Gasteiger charge is 2.46.